The number of carbonyl (C=O) groups is 1. The summed E-state index contributed by atoms with van der Waals surface area (Å²) in [5.41, 5.74) is 2.38. The van der Waals surface area contributed by atoms with Crippen molar-refractivity contribution in [1.82, 2.24) is 10.2 Å². The van der Waals surface area contributed by atoms with Crippen molar-refractivity contribution < 1.29 is 31.1 Å². The second kappa shape index (κ2) is 10.8. The van der Waals surface area contributed by atoms with E-state index >= 15 is 0 Å². The highest BCUT2D eigenvalue weighted by Crippen LogP contribution is 2.41. The van der Waals surface area contributed by atoms with Crippen molar-refractivity contribution in [2.45, 2.75) is 36.6 Å². The molecule has 196 valence electrons. The Kier molecular flexibility index (Phi) is 7.77. The van der Waals surface area contributed by atoms with Crippen LogP contribution in [0.2, 0.25) is 0 Å². The highest BCUT2D eigenvalue weighted by molar-refractivity contribution is 7.91. The predicted octanol–water partition coefficient (Wildman–Crippen LogP) is 5.47. The van der Waals surface area contributed by atoms with E-state index in [4.69, 9.17) is 0 Å². The van der Waals surface area contributed by atoms with Gasteiger partial charge < -0.3 is 15.0 Å². The Balaban J connectivity index is 1.49. The first-order chi connectivity index (χ1) is 17.6. The molecular weight excluding hydrogens is 505 g/mol. The number of alkyl halides is 3. The van der Waals surface area contributed by atoms with E-state index < -0.39 is 16.2 Å². The lowest BCUT2D eigenvalue weighted by molar-refractivity contribution is -0.274. The molecule has 0 saturated carbocycles. The molecule has 1 fully saturated rings. The third-order valence-corrected chi connectivity index (χ3v) is 8.21. The normalized spacial score (nSPS) is 18.0. The van der Waals surface area contributed by atoms with Gasteiger partial charge in [0.25, 0.3) is 0 Å². The smallest absolute Gasteiger partial charge is 0.406 e. The summed E-state index contributed by atoms with van der Waals surface area (Å²) in [5.74, 6) is -0.643. The third-order valence-electron chi connectivity index (χ3n) is 6.46. The maximum Gasteiger partial charge on any atom is 0.573 e. The Morgan fingerprint density at radius 3 is 2.19 bits per heavy atom. The summed E-state index contributed by atoms with van der Waals surface area (Å²) in [5, 5.41) is 2.86. The van der Waals surface area contributed by atoms with Crippen molar-refractivity contribution in [2.24, 2.45) is 0 Å². The van der Waals surface area contributed by atoms with E-state index in [0.29, 0.717) is 18.7 Å². The molecule has 0 aliphatic carbocycles. The molecule has 3 aromatic carbocycles. The van der Waals surface area contributed by atoms with Crippen LogP contribution in [0.4, 0.5) is 18.0 Å². The Labute approximate surface area is 214 Å². The van der Waals surface area contributed by atoms with Crippen molar-refractivity contribution in [3.05, 3.63) is 95.6 Å². The molecule has 6 nitrogen and oxygen atoms in total. The second-order valence-electron chi connectivity index (χ2n) is 8.86. The van der Waals surface area contributed by atoms with Crippen LogP contribution in [0.5, 0.6) is 5.75 Å². The highest BCUT2D eigenvalue weighted by Gasteiger charge is 2.38. The molecule has 4 rings (SSSR count). The highest BCUT2D eigenvalue weighted by atomic mass is 32.2. The van der Waals surface area contributed by atoms with Gasteiger partial charge in [-0.1, -0.05) is 61.5 Å². The Morgan fingerprint density at radius 2 is 1.57 bits per heavy atom. The van der Waals surface area contributed by atoms with E-state index in [9.17, 15) is 26.4 Å². The summed E-state index contributed by atoms with van der Waals surface area (Å²) < 4.78 is 66.4. The van der Waals surface area contributed by atoms with E-state index in [2.05, 4.69) is 10.1 Å². The predicted molar refractivity (Wildman–Crippen MR) is 133 cm³/mol. The second-order valence-corrected chi connectivity index (χ2v) is 11.1. The summed E-state index contributed by atoms with van der Waals surface area (Å²) in [6, 6.07) is 21.5. The molecule has 0 bridgehead atoms. The molecule has 1 heterocycles. The lowest BCUT2D eigenvalue weighted by atomic mass is 9.84. The zero-order valence-corrected chi connectivity index (χ0v) is 20.9. The molecule has 2 amide bonds. The van der Waals surface area contributed by atoms with E-state index in [-0.39, 0.29) is 40.8 Å². The number of ether oxygens (including phenoxy) is 1. The number of carbonyl (C=O) groups excluding carboxylic acids is 1. The van der Waals surface area contributed by atoms with Crippen LogP contribution in [0.25, 0.3) is 0 Å². The summed E-state index contributed by atoms with van der Waals surface area (Å²) in [6.07, 6.45) is -4.79. The largest absolute Gasteiger partial charge is 0.573 e. The average Bonchev–Trinajstić information content (AvgIpc) is 3.33. The molecular formula is C27H27F3N2O4S. The van der Waals surface area contributed by atoms with E-state index in [1.165, 1.54) is 30.3 Å². The van der Waals surface area contributed by atoms with E-state index in [1.807, 2.05) is 30.3 Å². The Bertz CT molecular complexity index is 1330. The van der Waals surface area contributed by atoms with Crippen LogP contribution < -0.4 is 10.1 Å². The summed E-state index contributed by atoms with van der Waals surface area (Å²) >= 11 is 0. The standard InChI is InChI=1S/C27H27F3N2O4S/c1-2-37(34,35)23-13-11-19(12-14-23)16-31-26(33)32-17-24(20-7-4-3-5-8-20)25(18-32)21-9-6-10-22(15-21)36-27(28,29)30/h3-15,24-25H,2,16-18H2,1H3,(H,31,33). The van der Waals surface area contributed by atoms with Crippen molar-refractivity contribution in [3.63, 3.8) is 0 Å². The molecule has 10 heteroatoms. The van der Waals surface area contributed by atoms with Crippen LogP contribution in [-0.2, 0) is 16.4 Å². The first kappa shape index (κ1) is 26.5. The fourth-order valence-electron chi connectivity index (χ4n) is 4.56. The van der Waals surface area contributed by atoms with Crippen molar-refractivity contribution in [2.75, 3.05) is 18.8 Å². The Morgan fingerprint density at radius 1 is 0.946 bits per heavy atom. The van der Waals surface area contributed by atoms with Gasteiger partial charge in [0.05, 0.1) is 10.6 Å². The molecule has 1 aliphatic rings. The van der Waals surface area contributed by atoms with Gasteiger partial charge >= 0.3 is 12.4 Å². The zero-order valence-electron chi connectivity index (χ0n) is 20.1. The molecule has 0 aromatic heterocycles. The van der Waals surface area contributed by atoms with Crippen molar-refractivity contribution in [3.8, 4) is 5.75 Å². The molecule has 0 spiro atoms. The van der Waals surface area contributed by atoms with Gasteiger partial charge in [0, 0.05) is 31.5 Å². The number of sulfone groups is 1. The first-order valence-electron chi connectivity index (χ1n) is 11.8. The number of rotatable bonds is 7. The third kappa shape index (κ3) is 6.62. The molecule has 1 N–H and O–H groups in total. The quantitative estimate of drug-likeness (QED) is 0.438. The number of hydrogen-bond acceptors (Lipinski definition) is 4. The van der Waals surface area contributed by atoms with Gasteiger partial charge in [0.2, 0.25) is 0 Å². The molecule has 2 atom stereocenters. The van der Waals surface area contributed by atoms with E-state index in [0.717, 1.165) is 11.1 Å². The molecule has 1 aliphatic heterocycles. The summed E-state index contributed by atoms with van der Waals surface area (Å²) in [7, 11) is -3.30. The first-order valence-corrected chi connectivity index (χ1v) is 13.5. The van der Waals surface area contributed by atoms with Gasteiger partial charge in [-0.15, -0.1) is 13.2 Å². The van der Waals surface area contributed by atoms with Crippen LogP contribution >= 0.6 is 0 Å². The van der Waals surface area contributed by atoms with Crippen molar-refractivity contribution in [1.29, 1.82) is 0 Å². The number of halogens is 3. The zero-order chi connectivity index (χ0) is 26.6. The van der Waals surface area contributed by atoms with Crippen LogP contribution in [0.15, 0.2) is 83.8 Å². The monoisotopic (exact) mass is 532 g/mol. The van der Waals surface area contributed by atoms with E-state index in [1.54, 1.807) is 30.0 Å². The number of amides is 2. The maximum atomic E-state index is 13.0. The average molecular weight is 533 g/mol. The minimum atomic E-state index is -4.79. The van der Waals surface area contributed by atoms with Gasteiger partial charge in [-0.05, 0) is 41.0 Å². The Hall–Kier alpha value is -3.53. The molecule has 37 heavy (non-hydrogen) atoms. The van der Waals surface area contributed by atoms with Gasteiger partial charge in [0.15, 0.2) is 9.84 Å². The molecule has 2 unspecified atom stereocenters. The van der Waals surface area contributed by atoms with Crippen molar-refractivity contribution >= 4 is 15.9 Å². The fraction of sp³-hybridized carbons (Fsp3) is 0.296. The van der Waals surface area contributed by atoms with Gasteiger partial charge in [-0.3, -0.25) is 0 Å². The van der Waals surface area contributed by atoms with Crippen LogP contribution in [0.1, 0.15) is 35.4 Å². The summed E-state index contributed by atoms with van der Waals surface area (Å²) in [6.45, 7) is 2.49. The van der Waals surface area contributed by atoms with Crippen LogP contribution in [0.3, 0.4) is 0 Å². The minimum Gasteiger partial charge on any atom is -0.406 e. The number of nitrogens with zero attached hydrogens (tertiary/aromatic N) is 1. The lowest BCUT2D eigenvalue weighted by Gasteiger charge is -2.20. The van der Waals surface area contributed by atoms with Crippen LogP contribution in [0, 0.1) is 0 Å². The SMILES string of the molecule is CCS(=O)(=O)c1ccc(CNC(=O)N2CC(c3ccccc3)C(c3cccc(OC(F)(F)F)c3)C2)cc1. The van der Waals surface area contributed by atoms with Gasteiger partial charge in [-0.25, -0.2) is 13.2 Å². The molecule has 0 radical (unpaired) electrons. The summed E-state index contributed by atoms with van der Waals surface area (Å²) in [4.78, 5) is 14.9. The molecule has 1 saturated heterocycles. The molecule has 3 aromatic rings. The number of likely N-dealkylation sites (tertiary alicyclic amines) is 1. The van der Waals surface area contributed by atoms with Crippen LogP contribution in [-0.4, -0.2) is 44.6 Å². The number of benzene rings is 3. The van der Waals surface area contributed by atoms with Gasteiger partial charge in [-0.2, -0.15) is 0 Å². The van der Waals surface area contributed by atoms with Gasteiger partial charge in [0.1, 0.15) is 5.75 Å². The number of hydrogen-bond donors (Lipinski definition) is 1. The number of nitrogens with one attached hydrogen (secondary N) is 1. The lowest BCUT2D eigenvalue weighted by Crippen LogP contribution is -2.38. The maximum absolute atomic E-state index is 13.0. The fourth-order valence-corrected chi connectivity index (χ4v) is 5.44. The minimum absolute atomic E-state index is 0.00697. The topological polar surface area (TPSA) is 75.7 Å². The number of urea groups is 1.